The molecule has 0 unspecified atom stereocenters. The van der Waals surface area contributed by atoms with E-state index in [9.17, 15) is 4.39 Å². The lowest BCUT2D eigenvalue weighted by molar-refractivity contribution is 0.269. The van der Waals surface area contributed by atoms with E-state index < -0.39 is 0 Å². The Morgan fingerprint density at radius 1 is 1.06 bits per heavy atom. The second-order valence-corrected chi connectivity index (χ2v) is 8.74. The van der Waals surface area contributed by atoms with Gasteiger partial charge in [0.15, 0.2) is 5.11 Å². The summed E-state index contributed by atoms with van der Waals surface area (Å²) in [5.74, 6) is 0.793. The summed E-state index contributed by atoms with van der Waals surface area (Å²) in [5.41, 5.74) is 2.33. The van der Waals surface area contributed by atoms with Crippen molar-refractivity contribution in [1.29, 1.82) is 0 Å². The molecule has 1 aliphatic rings. The molecule has 5 nitrogen and oxygen atoms in total. The van der Waals surface area contributed by atoms with Crippen molar-refractivity contribution in [2.24, 2.45) is 0 Å². The Bertz CT molecular complexity index is 1250. The van der Waals surface area contributed by atoms with Crippen molar-refractivity contribution in [2.75, 3.05) is 0 Å². The maximum absolute atomic E-state index is 14.5. The van der Waals surface area contributed by atoms with Gasteiger partial charge in [-0.05, 0) is 72.4 Å². The average molecular weight is 509 g/mol. The van der Waals surface area contributed by atoms with Crippen molar-refractivity contribution in [1.82, 2.24) is 20.2 Å². The van der Waals surface area contributed by atoms with Crippen molar-refractivity contribution in [2.45, 2.75) is 18.6 Å². The molecule has 0 aliphatic carbocycles. The number of pyridine rings is 2. The molecule has 4 heterocycles. The Morgan fingerprint density at radius 2 is 1.91 bits per heavy atom. The van der Waals surface area contributed by atoms with Crippen LogP contribution < -0.4 is 5.32 Å². The fraction of sp³-hybridized carbons (Fsp3) is 0.125. The molecular weight excluding hydrogens is 491 g/mol. The quantitative estimate of drug-likeness (QED) is 0.343. The summed E-state index contributed by atoms with van der Waals surface area (Å²) in [6, 6.07) is 17.8. The van der Waals surface area contributed by atoms with Crippen molar-refractivity contribution in [3.8, 4) is 11.3 Å². The highest BCUT2D eigenvalue weighted by atomic mass is 79.9. The van der Waals surface area contributed by atoms with Crippen LogP contribution in [0.25, 0.3) is 11.3 Å². The molecule has 0 radical (unpaired) electrons. The number of furan rings is 1. The summed E-state index contributed by atoms with van der Waals surface area (Å²) < 4.78 is 21.4. The van der Waals surface area contributed by atoms with Gasteiger partial charge in [-0.1, -0.05) is 22.0 Å². The molecule has 32 heavy (non-hydrogen) atoms. The smallest absolute Gasteiger partial charge is 0.170 e. The topological polar surface area (TPSA) is 54.2 Å². The second kappa shape index (κ2) is 8.80. The van der Waals surface area contributed by atoms with Gasteiger partial charge in [0, 0.05) is 29.6 Å². The van der Waals surface area contributed by atoms with Crippen LogP contribution in [0.2, 0.25) is 0 Å². The second-order valence-electron chi connectivity index (χ2n) is 7.44. The van der Waals surface area contributed by atoms with Crippen molar-refractivity contribution in [3.05, 3.63) is 107 Å². The third-order valence-corrected chi connectivity index (χ3v) is 6.26. The fourth-order valence-corrected chi connectivity index (χ4v) is 4.55. The van der Waals surface area contributed by atoms with Crippen LogP contribution in [0.3, 0.4) is 0 Å². The Hall–Kier alpha value is -3.10. The molecule has 3 aromatic heterocycles. The van der Waals surface area contributed by atoms with Crippen LogP contribution in [0, 0.1) is 5.82 Å². The third kappa shape index (κ3) is 4.03. The molecule has 1 saturated heterocycles. The summed E-state index contributed by atoms with van der Waals surface area (Å²) in [6.07, 6.45) is 5.27. The number of nitrogens with zero attached hydrogens (tertiary/aromatic N) is 3. The highest BCUT2D eigenvalue weighted by Crippen LogP contribution is 2.41. The lowest BCUT2D eigenvalue weighted by Gasteiger charge is -2.26. The van der Waals surface area contributed by atoms with Crippen molar-refractivity contribution >= 4 is 33.3 Å². The number of halogens is 2. The van der Waals surface area contributed by atoms with Gasteiger partial charge in [-0.15, -0.1) is 0 Å². The van der Waals surface area contributed by atoms with Gasteiger partial charge >= 0.3 is 0 Å². The van der Waals surface area contributed by atoms with E-state index in [0.29, 0.717) is 33.2 Å². The highest BCUT2D eigenvalue weighted by molar-refractivity contribution is 9.10. The summed E-state index contributed by atoms with van der Waals surface area (Å²) in [7, 11) is 0. The Morgan fingerprint density at radius 3 is 2.66 bits per heavy atom. The molecular formula is C24H18BrFN4OS. The van der Waals surface area contributed by atoms with E-state index in [2.05, 4.69) is 36.1 Å². The van der Waals surface area contributed by atoms with E-state index in [0.717, 1.165) is 11.3 Å². The predicted octanol–water partition coefficient (Wildman–Crippen LogP) is 5.81. The first kappa shape index (κ1) is 20.8. The van der Waals surface area contributed by atoms with Crippen LogP contribution in [0.1, 0.15) is 29.1 Å². The first-order chi connectivity index (χ1) is 15.6. The molecule has 4 aromatic rings. The van der Waals surface area contributed by atoms with Crippen LogP contribution >= 0.6 is 28.1 Å². The van der Waals surface area contributed by atoms with E-state index in [1.807, 2.05) is 36.4 Å². The minimum atomic E-state index is -0.352. The number of aromatic nitrogens is 2. The van der Waals surface area contributed by atoms with Crippen molar-refractivity contribution in [3.63, 3.8) is 0 Å². The normalized spacial score (nSPS) is 18.1. The van der Waals surface area contributed by atoms with Crippen LogP contribution in [0.4, 0.5) is 4.39 Å². The Kier molecular flexibility index (Phi) is 5.71. The molecule has 0 bridgehead atoms. The SMILES string of the molecule is Fc1cc(Br)ccc1-c1ccc([C@H]2[C@@H](c3ccccn3)NC(=S)N2Cc2ccncc2)o1. The van der Waals surface area contributed by atoms with Crippen LogP contribution in [0.15, 0.2) is 88.1 Å². The summed E-state index contributed by atoms with van der Waals surface area (Å²) in [5, 5.41) is 4.00. The maximum atomic E-state index is 14.5. The largest absolute Gasteiger partial charge is 0.459 e. The van der Waals surface area contributed by atoms with E-state index in [1.54, 1.807) is 36.8 Å². The fourth-order valence-electron chi connectivity index (χ4n) is 3.92. The van der Waals surface area contributed by atoms with Gasteiger partial charge in [-0.3, -0.25) is 9.97 Å². The molecule has 1 N–H and O–H groups in total. The number of benzene rings is 1. The Balaban J connectivity index is 1.55. The molecule has 2 atom stereocenters. The van der Waals surface area contributed by atoms with Gasteiger partial charge in [0.1, 0.15) is 23.4 Å². The van der Waals surface area contributed by atoms with E-state index in [1.165, 1.54) is 6.07 Å². The lowest BCUT2D eigenvalue weighted by atomic mass is 10.0. The molecule has 0 amide bonds. The predicted molar refractivity (Wildman–Crippen MR) is 127 cm³/mol. The minimum Gasteiger partial charge on any atom is -0.459 e. The molecule has 1 fully saturated rings. The van der Waals surface area contributed by atoms with Crippen LogP contribution in [-0.2, 0) is 6.54 Å². The monoisotopic (exact) mass is 508 g/mol. The van der Waals surface area contributed by atoms with Crippen molar-refractivity contribution < 1.29 is 8.81 Å². The zero-order valence-electron chi connectivity index (χ0n) is 16.8. The molecule has 8 heteroatoms. The third-order valence-electron chi connectivity index (χ3n) is 5.41. The lowest BCUT2D eigenvalue weighted by Crippen LogP contribution is -2.29. The summed E-state index contributed by atoms with van der Waals surface area (Å²) >= 11 is 8.99. The van der Waals surface area contributed by atoms with E-state index >= 15 is 0 Å². The zero-order valence-corrected chi connectivity index (χ0v) is 19.2. The van der Waals surface area contributed by atoms with E-state index in [4.69, 9.17) is 16.6 Å². The number of rotatable bonds is 5. The molecule has 0 spiro atoms. The summed E-state index contributed by atoms with van der Waals surface area (Å²) in [4.78, 5) is 10.7. The van der Waals surface area contributed by atoms with Gasteiger partial charge in [0.25, 0.3) is 0 Å². The molecule has 5 rings (SSSR count). The maximum Gasteiger partial charge on any atom is 0.170 e. The van der Waals surface area contributed by atoms with Gasteiger partial charge in [-0.25, -0.2) is 4.39 Å². The number of nitrogens with one attached hydrogen (secondary N) is 1. The van der Waals surface area contributed by atoms with Gasteiger partial charge in [0.2, 0.25) is 0 Å². The molecule has 0 saturated carbocycles. The highest BCUT2D eigenvalue weighted by Gasteiger charge is 2.41. The van der Waals surface area contributed by atoms with Gasteiger partial charge < -0.3 is 14.6 Å². The molecule has 1 aromatic carbocycles. The number of hydrogen-bond acceptors (Lipinski definition) is 4. The van der Waals surface area contributed by atoms with E-state index in [-0.39, 0.29) is 17.9 Å². The summed E-state index contributed by atoms with van der Waals surface area (Å²) in [6.45, 7) is 0.574. The number of thiocarbonyl (C=S) groups is 1. The minimum absolute atomic E-state index is 0.209. The van der Waals surface area contributed by atoms with Gasteiger partial charge in [-0.2, -0.15) is 0 Å². The standard InChI is InChI=1S/C24H18BrFN4OS/c25-16-4-5-17(18(26)13-16)20-6-7-21(31-20)23-22(19-3-1-2-10-28-19)29-24(32)30(23)14-15-8-11-27-12-9-15/h1-13,22-23H,14H2,(H,29,32)/t22-,23+/m1/s1. The van der Waals surface area contributed by atoms with Gasteiger partial charge in [0.05, 0.1) is 17.3 Å². The molecule has 1 aliphatic heterocycles. The van der Waals surface area contributed by atoms with Crippen LogP contribution in [-0.4, -0.2) is 20.0 Å². The van der Waals surface area contributed by atoms with Crippen LogP contribution in [0.5, 0.6) is 0 Å². The first-order valence-corrected chi connectivity index (χ1v) is 11.2. The number of hydrogen-bond donors (Lipinski definition) is 1. The first-order valence-electron chi connectivity index (χ1n) is 10.0. The zero-order chi connectivity index (χ0) is 22.1. The molecule has 160 valence electrons. The average Bonchev–Trinajstić information content (AvgIpc) is 3.40. The Labute approximate surface area is 198 Å².